The van der Waals surface area contributed by atoms with E-state index in [1.165, 1.54) is 0 Å². The van der Waals surface area contributed by atoms with Gasteiger partial charge >= 0.3 is 11.9 Å². The summed E-state index contributed by atoms with van der Waals surface area (Å²) in [5.41, 5.74) is 6.21. The third kappa shape index (κ3) is 11.4. The van der Waals surface area contributed by atoms with Gasteiger partial charge in [-0.2, -0.15) is 0 Å². The zero-order chi connectivity index (χ0) is 51.5. The largest absolute Gasteiger partial charge is 0.493 e. The first-order valence-corrected chi connectivity index (χ1v) is 23.9. The van der Waals surface area contributed by atoms with Crippen molar-refractivity contribution in [1.29, 1.82) is 0 Å². The maximum Gasteiger partial charge on any atom is 0.306 e. The minimum Gasteiger partial charge on any atom is -0.493 e. The van der Waals surface area contributed by atoms with Gasteiger partial charge in [-0.05, 0) is 59.2 Å². The van der Waals surface area contributed by atoms with Crippen LogP contribution in [0.25, 0.3) is 0 Å². The number of rotatable bonds is 25. The number of ether oxygens (including phenoxy) is 13. The van der Waals surface area contributed by atoms with Crippen LogP contribution in [0.5, 0.6) is 63.2 Å². The Morgan fingerprint density at radius 3 is 1.39 bits per heavy atom. The maximum absolute atomic E-state index is 13.1. The predicted molar refractivity (Wildman–Crippen MR) is 266 cm³/mol. The molecule has 2 heterocycles. The molecule has 4 atom stereocenters. The van der Waals surface area contributed by atoms with Crippen LogP contribution in [0.2, 0.25) is 0 Å². The molecule has 0 aromatic heterocycles. The normalized spacial score (nSPS) is 19.0. The van der Waals surface area contributed by atoms with Gasteiger partial charge in [-0.15, -0.1) is 0 Å². The van der Waals surface area contributed by atoms with E-state index in [4.69, 9.17) is 61.6 Å². The summed E-state index contributed by atoms with van der Waals surface area (Å²) in [6.45, 7) is 3.34. The number of benzene rings is 4. The SMILES string of the molecule is COc1ccc(C2c3c(cc(OC)c(OC)c3OC)CC[N+]2(C)CCCOC(=O)CCC(=O)OCCC[N+]2(C)CCc3cc(OC)c(OC)c(OC)c3C2Cc2cc(OC)c(OC)c(OC)c2)cc1OC. The minimum absolute atomic E-state index is 0.0854. The molecule has 4 aromatic carbocycles. The number of esters is 2. The van der Waals surface area contributed by atoms with Gasteiger partial charge in [0.15, 0.2) is 46.0 Å². The van der Waals surface area contributed by atoms with Crippen molar-refractivity contribution in [3.8, 4) is 63.2 Å². The van der Waals surface area contributed by atoms with Crippen molar-refractivity contribution in [2.24, 2.45) is 0 Å². The first kappa shape index (κ1) is 53.9. The van der Waals surface area contributed by atoms with Crippen LogP contribution in [0.3, 0.4) is 0 Å². The van der Waals surface area contributed by atoms with Crippen LogP contribution < -0.4 is 52.1 Å². The van der Waals surface area contributed by atoms with Crippen LogP contribution in [-0.2, 0) is 38.3 Å². The summed E-state index contributed by atoms with van der Waals surface area (Å²) in [6.07, 6.45) is 3.11. The van der Waals surface area contributed by atoms with E-state index in [9.17, 15) is 9.59 Å². The monoisotopic (exact) mass is 991 g/mol. The maximum atomic E-state index is 13.1. The molecule has 6 rings (SSSR count). The molecule has 4 unspecified atom stereocenters. The summed E-state index contributed by atoms with van der Waals surface area (Å²) in [5.74, 6) is 5.45. The summed E-state index contributed by atoms with van der Waals surface area (Å²) in [6, 6.07) is 13.7. The molecule has 2 aliphatic rings. The first-order chi connectivity index (χ1) is 34.2. The zero-order valence-electron chi connectivity index (χ0n) is 43.9. The number of carbonyl (C=O) groups is 2. The van der Waals surface area contributed by atoms with Crippen LogP contribution >= 0.6 is 0 Å². The van der Waals surface area contributed by atoms with E-state index in [1.807, 2.05) is 42.5 Å². The number of methoxy groups -OCH3 is 11. The number of likely N-dealkylation sites (N-methyl/N-ethyl adjacent to an activating group) is 2. The Balaban J connectivity index is 1.08. The van der Waals surface area contributed by atoms with E-state index in [0.29, 0.717) is 105 Å². The highest BCUT2D eigenvalue weighted by atomic mass is 16.6. The molecule has 0 aliphatic carbocycles. The highest BCUT2D eigenvalue weighted by Gasteiger charge is 2.45. The Bertz CT molecular complexity index is 2470. The Kier molecular flexibility index (Phi) is 18.3. The molecular formula is C54H74N2O15+2. The van der Waals surface area contributed by atoms with Crippen LogP contribution in [0.15, 0.2) is 42.5 Å². The molecule has 0 radical (unpaired) electrons. The minimum atomic E-state index is -0.454. The fourth-order valence-corrected chi connectivity index (χ4v) is 10.6. The summed E-state index contributed by atoms with van der Waals surface area (Å²) >= 11 is 0. The summed E-state index contributed by atoms with van der Waals surface area (Å²) in [5, 5.41) is 0. The van der Waals surface area contributed by atoms with Crippen molar-refractivity contribution in [3.05, 3.63) is 75.8 Å². The number of hydrogen-bond donors (Lipinski definition) is 0. The van der Waals surface area contributed by atoms with Gasteiger partial charge in [0.2, 0.25) is 17.2 Å². The van der Waals surface area contributed by atoms with Gasteiger partial charge in [0.1, 0.15) is 12.1 Å². The molecule has 0 amide bonds. The van der Waals surface area contributed by atoms with E-state index in [0.717, 1.165) is 59.3 Å². The second-order valence-electron chi connectivity index (χ2n) is 18.2. The average Bonchev–Trinajstić information content (AvgIpc) is 3.39. The number of quaternary nitrogens is 2. The van der Waals surface area contributed by atoms with E-state index < -0.39 is 11.9 Å². The number of carbonyl (C=O) groups excluding carboxylic acids is 2. The highest BCUT2D eigenvalue weighted by Crippen LogP contribution is 2.53. The zero-order valence-corrected chi connectivity index (χ0v) is 43.9. The van der Waals surface area contributed by atoms with Gasteiger partial charge in [0.05, 0.1) is 156 Å². The van der Waals surface area contributed by atoms with Crippen molar-refractivity contribution in [1.82, 2.24) is 0 Å². The second kappa shape index (κ2) is 24.1. The van der Waals surface area contributed by atoms with E-state index >= 15 is 0 Å². The summed E-state index contributed by atoms with van der Waals surface area (Å²) < 4.78 is 76.3. The van der Waals surface area contributed by atoms with Gasteiger partial charge in [-0.1, -0.05) is 0 Å². The Hall–Kier alpha value is -6.46. The quantitative estimate of drug-likeness (QED) is 0.0365. The number of hydrogen-bond acceptors (Lipinski definition) is 15. The van der Waals surface area contributed by atoms with Crippen LogP contribution in [-0.4, -0.2) is 153 Å². The number of fused-ring (bicyclic) bond motifs is 2. The van der Waals surface area contributed by atoms with E-state index in [1.54, 1.807) is 78.2 Å². The lowest BCUT2D eigenvalue weighted by Crippen LogP contribution is -2.52. The molecule has 71 heavy (non-hydrogen) atoms. The summed E-state index contributed by atoms with van der Waals surface area (Å²) in [7, 11) is 22.2. The molecule has 0 spiro atoms. The smallest absolute Gasteiger partial charge is 0.306 e. The standard InChI is InChI=1S/C54H74N2O15/c1-55(24-20-35-31-43(63-7)51(66-10)53(68-12)47(35)38(55)28-34-29-41(61-5)50(65-9)42(30-34)62-6)22-14-26-70-45(57)18-19-46(58)71-27-15-23-56(2)25-21-36-32-44(64-8)52(67-11)54(69-13)48(36)49(56)37-16-17-39(59-3)40(33-37)60-4/h16-17,29-33,38,49H,14-15,18-28H2,1-13H3/q+2. The van der Waals surface area contributed by atoms with Crippen molar-refractivity contribution >= 4 is 11.9 Å². The Labute approximate surface area is 418 Å². The van der Waals surface area contributed by atoms with Gasteiger partial charge < -0.3 is 70.5 Å². The van der Waals surface area contributed by atoms with E-state index in [2.05, 4.69) is 14.1 Å². The van der Waals surface area contributed by atoms with Crippen LogP contribution in [0.1, 0.15) is 71.1 Å². The van der Waals surface area contributed by atoms with Gasteiger partial charge in [-0.3, -0.25) is 9.59 Å². The fourth-order valence-electron chi connectivity index (χ4n) is 10.6. The topological polar surface area (TPSA) is 154 Å². The average molecular weight is 991 g/mol. The van der Waals surface area contributed by atoms with Crippen molar-refractivity contribution in [2.75, 3.05) is 132 Å². The second-order valence-corrected chi connectivity index (χ2v) is 18.2. The highest BCUT2D eigenvalue weighted by molar-refractivity contribution is 5.77. The molecule has 0 fully saturated rings. The number of nitrogens with zero attached hydrogens (tertiary/aromatic N) is 2. The third-order valence-electron chi connectivity index (χ3n) is 14.2. The molecule has 388 valence electrons. The lowest BCUT2D eigenvalue weighted by molar-refractivity contribution is -0.941. The van der Waals surface area contributed by atoms with Crippen molar-refractivity contribution in [2.45, 2.75) is 57.0 Å². The molecule has 0 saturated heterocycles. The lowest BCUT2D eigenvalue weighted by atomic mass is 9.84. The van der Waals surface area contributed by atoms with Gasteiger partial charge in [0, 0.05) is 37.7 Å². The molecule has 0 bridgehead atoms. The predicted octanol–water partition coefficient (Wildman–Crippen LogP) is 7.51. The molecule has 2 aliphatic heterocycles. The Morgan fingerprint density at radius 2 is 0.915 bits per heavy atom. The molecule has 0 N–H and O–H groups in total. The molecule has 4 aromatic rings. The van der Waals surface area contributed by atoms with E-state index in [-0.39, 0.29) is 38.1 Å². The van der Waals surface area contributed by atoms with Crippen molar-refractivity contribution in [3.63, 3.8) is 0 Å². The van der Waals surface area contributed by atoms with Crippen LogP contribution in [0.4, 0.5) is 0 Å². The summed E-state index contributed by atoms with van der Waals surface area (Å²) in [4.78, 5) is 26.1. The molecule has 17 nitrogen and oxygen atoms in total. The fraction of sp³-hybridized carbons (Fsp3) is 0.519. The molecule has 17 heteroatoms. The lowest BCUT2D eigenvalue weighted by Gasteiger charge is -2.46. The first-order valence-electron chi connectivity index (χ1n) is 23.9. The van der Waals surface area contributed by atoms with Crippen molar-refractivity contribution < 1.29 is 80.1 Å². The Morgan fingerprint density at radius 1 is 0.479 bits per heavy atom. The van der Waals surface area contributed by atoms with Crippen LogP contribution in [0, 0.1) is 0 Å². The molecule has 0 saturated carbocycles. The van der Waals surface area contributed by atoms with Gasteiger partial charge in [0.25, 0.3) is 0 Å². The molecular weight excluding hydrogens is 917 g/mol. The third-order valence-corrected chi connectivity index (χ3v) is 14.2. The van der Waals surface area contributed by atoms with Gasteiger partial charge in [-0.25, -0.2) is 0 Å².